The maximum atomic E-state index is 13.8. The zero-order valence-electron chi connectivity index (χ0n) is 16.0. The molecule has 0 radical (unpaired) electrons. The lowest BCUT2D eigenvalue weighted by Gasteiger charge is -2.14. The number of anilines is 1. The maximum Gasteiger partial charge on any atom is 0.434 e. The normalized spacial score (nSPS) is 12.3. The third-order valence-corrected chi connectivity index (χ3v) is 5.48. The molecule has 0 unspecified atom stereocenters. The number of alkyl halides is 6. The molecule has 0 aliphatic carbocycles. The summed E-state index contributed by atoms with van der Waals surface area (Å²) >= 11 is 1.08. The molecule has 1 N–H and O–H groups in total. The van der Waals surface area contributed by atoms with Crippen molar-refractivity contribution in [3.8, 4) is 5.69 Å². The molecule has 0 saturated heterocycles. The number of carbonyl (C=O) groups excluding carboxylic acids is 1. The minimum Gasteiger partial charge on any atom is -0.298 e. The van der Waals surface area contributed by atoms with E-state index in [-0.39, 0.29) is 9.81 Å². The van der Waals surface area contributed by atoms with Gasteiger partial charge in [-0.15, -0.1) is 0 Å². The Morgan fingerprint density at radius 2 is 1.75 bits per heavy atom. The monoisotopic (exact) mass is 470 g/mol. The summed E-state index contributed by atoms with van der Waals surface area (Å²) in [5.74, 6) is -1.13. The minimum absolute atomic E-state index is 0.0826. The summed E-state index contributed by atoms with van der Waals surface area (Å²) in [5.41, 5.74) is -2.54. The number of fused-ring (bicyclic) bond motifs is 1. The Labute approximate surface area is 180 Å². The molecule has 1 amide bonds. The van der Waals surface area contributed by atoms with Crippen LogP contribution in [0.15, 0.2) is 48.7 Å². The number of nitrogens with zero attached hydrogens (tertiary/aromatic N) is 3. The summed E-state index contributed by atoms with van der Waals surface area (Å²) in [6.45, 7) is 1.80. The Balaban J connectivity index is 1.74. The van der Waals surface area contributed by atoms with E-state index in [1.165, 1.54) is 0 Å². The number of para-hydroxylation sites is 1. The van der Waals surface area contributed by atoms with Gasteiger partial charge in [-0.25, -0.2) is 9.67 Å². The van der Waals surface area contributed by atoms with Crippen LogP contribution >= 0.6 is 11.3 Å². The molecule has 4 rings (SSSR count). The first-order chi connectivity index (χ1) is 14.9. The highest BCUT2D eigenvalue weighted by molar-refractivity contribution is 7.22. The standard InChI is InChI=1S/C20H12F6N4OS/c1-10-4-2-7-14-15(10)28-18(32-14)29-17(31)13-9-27-30(16(13)20(24,25)26)12-6-3-5-11(8-12)19(21,22)23/h2-9H,1H3,(H,28,29,31). The molecule has 12 heteroatoms. The maximum absolute atomic E-state index is 13.8. The van der Waals surface area contributed by atoms with E-state index in [4.69, 9.17) is 0 Å². The van der Waals surface area contributed by atoms with Crippen LogP contribution in [0.4, 0.5) is 31.5 Å². The Kier molecular flexibility index (Phi) is 5.19. The molecule has 0 saturated carbocycles. The number of hydrogen-bond acceptors (Lipinski definition) is 4. The molecule has 5 nitrogen and oxygen atoms in total. The van der Waals surface area contributed by atoms with E-state index in [0.29, 0.717) is 17.8 Å². The molecule has 0 aliphatic heterocycles. The first kappa shape index (κ1) is 21.8. The average Bonchev–Trinajstić information content (AvgIpc) is 3.32. The van der Waals surface area contributed by atoms with E-state index in [1.54, 1.807) is 25.1 Å². The largest absolute Gasteiger partial charge is 0.434 e. The van der Waals surface area contributed by atoms with Crippen molar-refractivity contribution in [3.05, 3.63) is 71.0 Å². The van der Waals surface area contributed by atoms with Crippen LogP contribution in [0.1, 0.15) is 27.2 Å². The molecule has 4 aromatic rings. The number of rotatable bonds is 3. The zero-order chi connectivity index (χ0) is 23.3. The lowest BCUT2D eigenvalue weighted by molar-refractivity contribution is -0.143. The molecule has 2 aromatic heterocycles. The second kappa shape index (κ2) is 7.62. The van der Waals surface area contributed by atoms with E-state index >= 15 is 0 Å². The quantitative estimate of drug-likeness (QED) is 0.369. The number of amides is 1. The second-order valence-electron chi connectivity index (χ2n) is 6.76. The van der Waals surface area contributed by atoms with E-state index in [9.17, 15) is 31.1 Å². The minimum atomic E-state index is -5.07. The van der Waals surface area contributed by atoms with Crippen molar-refractivity contribution >= 4 is 32.6 Å². The van der Waals surface area contributed by atoms with Gasteiger partial charge in [0.05, 0.1) is 33.2 Å². The van der Waals surface area contributed by atoms with Crippen LogP contribution in [0.25, 0.3) is 15.9 Å². The molecular weight excluding hydrogens is 458 g/mol. The highest BCUT2D eigenvalue weighted by atomic mass is 32.1. The van der Waals surface area contributed by atoms with Crippen LogP contribution in [0.2, 0.25) is 0 Å². The number of benzene rings is 2. The highest BCUT2D eigenvalue weighted by Crippen LogP contribution is 2.36. The Morgan fingerprint density at radius 3 is 2.41 bits per heavy atom. The molecule has 0 spiro atoms. The first-order valence-electron chi connectivity index (χ1n) is 8.95. The molecule has 0 fully saturated rings. The zero-order valence-corrected chi connectivity index (χ0v) is 16.9. The Bertz CT molecular complexity index is 1320. The van der Waals surface area contributed by atoms with Crippen LogP contribution in [0.3, 0.4) is 0 Å². The predicted molar refractivity (Wildman–Crippen MR) is 106 cm³/mol. The van der Waals surface area contributed by atoms with Crippen molar-refractivity contribution in [1.29, 1.82) is 0 Å². The molecular formula is C20H12F6N4OS. The first-order valence-corrected chi connectivity index (χ1v) is 9.77. The fraction of sp³-hybridized carbons (Fsp3) is 0.150. The molecule has 2 aromatic carbocycles. The third kappa shape index (κ3) is 4.05. The number of nitrogens with one attached hydrogen (secondary N) is 1. The summed E-state index contributed by atoms with van der Waals surface area (Å²) in [5, 5.41) is 5.95. The third-order valence-electron chi connectivity index (χ3n) is 4.54. The van der Waals surface area contributed by atoms with Crippen molar-refractivity contribution in [2.24, 2.45) is 0 Å². The van der Waals surface area contributed by atoms with Gasteiger partial charge in [0, 0.05) is 0 Å². The Morgan fingerprint density at radius 1 is 1.03 bits per heavy atom. The van der Waals surface area contributed by atoms with E-state index in [1.807, 2.05) is 0 Å². The van der Waals surface area contributed by atoms with Gasteiger partial charge in [0.1, 0.15) is 0 Å². The number of thiazole rings is 1. The Hall–Kier alpha value is -3.41. The van der Waals surface area contributed by atoms with Crippen LogP contribution in [-0.2, 0) is 12.4 Å². The SMILES string of the molecule is Cc1cccc2sc(NC(=O)c3cnn(-c4cccc(C(F)(F)F)c4)c3C(F)(F)F)nc12. The fourth-order valence-corrected chi connectivity index (χ4v) is 4.04. The van der Waals surface area contributed by atoms with Crippen LogP contribution < -0.4 is 5.32 Å². The van der Waals surface area contributed by atoms with E-state index in [0.717, 1.165) is 39.8 Å². The van der Waals surface area contributed by atoms with Crippen molar-refractivity contribution in [2.45, 2.75) is 19.3 Å². The molecule has 166 valence electrons. The van der Waals surface area contributed by atoms with Crippen LogP contribution in [0.5, 0.6) is 0 Å². The molecule has 2 heterocycles. The van der Waals surface area contributed by atoms with Crippen LogP contribution in [0, 0.1) is 6.92 Å². The second-order valence-corrected chi connectivity index (χ2v) is 7.79. The van der Waals surface area contributed by atoms with Gasteiger partial charge in [0.25, 0.3) is 5.91 Å². The summed E-state index contributed by atoms with van der Waals surface area (Å²) in [6, 6.07) is 8.58. The van der Waals surface area contributed by atoms with Gasteiger partial charge in [-0.1, -0.05) is 29.5 Å². The number of aryl methyl sites for hydroxylation is 1. The van der Waals surface area contributed by atoms with Gasteiger partial charge in [-0.05, 0) is 36.8 Å². The van der Waals surface area contributed by atoms with Gasteiger partial charge in [-0.2, -0.15) is 31.4 Å². The lowest BCUT2D eigenvalue weighted by atomic mass is 10.1. The molecule has 0 aliphatic rings. The van der Waals surface area contributed by atoms with Gasteiger partial charge in [0.15, 0.2) is 10.8 Å². The number of halogens is 6. The lowest BCUT2D eigenvalue weighted by Crippen LogP contribution is -2.21. The number of hydrogen-bond donors (Lipinski definition) is 1. The average molecular weight is 470 g/mol. The van der Waals surface area contributed by atoms with Crippen molar-refractivity contribution in [3.63, 3.8) is 0 Å². The molecule has 0 atom stereocenters. The fourth-order valence-electron chi connectivity index (χ4n) is 3.10. The van der Waals surface area contributed by atoms with Gasteiger partial charge >= 0.3 is 12.4 Å². The number of aromatic nitrogens is 3. The summed E-state index contributed by atoms with van der Waals surface area (Å²) in [7, 11) is 0. The van der Waals surface area contributed by atoms with Crippen molar-refractivity contribution < 1.29 is 31.1 Å². The summed E-state index contributed by atoms with van der Waals surface area (Å²) in [4.78, 5) is 16.9. The van der Waals surface area contributed by atoms with Gasteiger partial charge in [-0.3, -0.25) is 10.1 Å². The predicted octanol–water partition coefficient (Wildman–Crippen LogP) is 6.08. The molecule has 0 bridgehead atoms. The van der Waals surface area contributed by atoms with Crippen LogP contribution in [-0.4, -0.2) is 20.7 Å². The highest BCUT2D eigenvalue weighted by Gasteiger charge is 2.41. The van der Waals surface area contributed by atoms with E-state index in [2.05, 4.69) is 15.4 Å². The van der Waals surface area contributed by atoms with Crippen molar-refractivity contribution in [2.75, 3.05) is 5.32 Å². The smallest absolute Gasteiger partial charge is 0.298 e. The topological polar surface area (TPSA) is 59.8 Å². The summed E-state index contributed by atoms with van der Waals surface area (Å²) in [6.07, 6.45) is -9.16. The van der Waals surface area contributed by atoms with Crippen molar-refractivity contribution in [1.82, 2.24) is 14.8 Å². The van der Waals surface area contributed by atoms with Gasteiger partial charge in [0.2, 0.25) is 0 Å². The molecule has 32 heavy (non-hydrogen) atoms. The van der Waals surface area contributed by atoms with E-state index < -0.39 is 40.8 Å². The number of carbonyl (C=O) groups is 1. The summed E-state index contributed by atoms with van der Waals surface area (Å²) < 4.78 is 81.4. The van der Waals surface area contributed by atoms with Gasteiger partial charge < -0.3 is 0 Å².